The molecule has 3 heteroatoms. The summed E-state index contributed by atoms with van der Waals surface area (Å²) >= 11 is 0. The van der Waals surface area contributed by atoms with Gasteiger partial charge in [-0.3, -0.25) is 0 Å². The number of piperazine rings is 1. The van der Waals surface area contributed by atoms with Crippen LogP contribution in [0.3, 0.4) is 0 Å². The molecule has 0 saturated carbocycles. The third kappa shape index (κ3) is 2.04. The van der Waals surface area contributed by atoms with Crippen molar-refractivity contribution in [3.8, 4) is 0 Å². The van der Waals surface area contributed by atoms with E-state index in [4.69, 9.17) is 4.42 Å². The number of hydrogen-bond acceptors (Lipinski definition) is 3. The van der Waals surface area contributed by atoms with Gasteiger partial charge in [0.15, 0.2) is 0 Å². The van der Waals surface area contributed by atoms with Crippen molar-refractivity contribution in [2.24, 2.45) is 0 Å². The van der Waals surface area contributed by atoms with Crippen LogP contribution in [0.15, 0.2) is 28.7 Å². The quantitative estimate of drug-likeness (QED) is 0.877. The summed E-state index contributed by atoms with van der Waals surface area (Å²) in [5, 5.41) is 4.70. The van der Waals surface area contributed by atoms with Crippen molar-refractivity contribution in [1.29, 1.82) is 0 Å². The van der Waals surface area contributed by atoms with E-state index >= 15 is 0 Å². The summed E-state index contributed by atoms with van der Waals surface area (Å²) in [5.74, 6) is 1.14. The molecule has 1 saturated heterocycles. The van der Waals surface area contributed by atoms with Crippen LogP contribution in [0.5, 0.6) is 0 Å². The van der Waals surface area contributed by atoms with Gasteiger partial charge in [0.2, 0.25) is 0 Å². The first-order chi connectivity index (χ1) is 8.75. The molecule has 3 nitrogen and oxygen atoms in total. The summed E-state index contributed by atoms with van der Waals surface area (Å²) in [7, 11) is 2.20. The Bertz CT molecular complexity index is 546. The molecule has 1 aliphatic rings. The van der Waals surface area contributed by atoms with E-state index in [2.05, 4.69) is 42.4 Å². The molecule has 0 amide bonds. The summed E-state index contributed by atoms with van der Waals surface area (Å²) in [6.45, 7) is 5.42. The van der Waals surface area contributed by atoms with Gasteiger partial charge in [0.1, 0.15) is 11.3 Å². The second kappa shape index (κ2) is 4.75. The van der Waals surface area contributed by atoms with Crippen LogP contribution in [0.25, 0.3) is 11.0 Å². The maximum Gasteiger partial charge on any atom is 0.134 e. The van der Waals surface area contributed by atoms with Gasteiger partial charge in [-0.05, 0) is 25.6 Å². The average molecular weight is 244 g/mol. The van der Waals surface area contributed by atoms with E-state index in [-0.39, 0.29) is 0 Å². The minimum atomic E-state index is 0.540. The van der Waals surface area contributed by atoms with Gasteiger partial charge in [-0.1, -0.05) is 18.2 Å². The fourth-order valence-electron chi connectivity index (χ4n) is 2.72. The zero-order valence-electron chi connectivity index (χ0n) is 11.1. The second-order valence-corrected chi connectivity index (χ2v) is 5.19. The molecule has 1 aromatic carbocycles. The van der Waals surface area contributed by atoms with E-state index in [0.717, 1.165) is 37.4 Å². The molecule has 0 bridgehead atoms. The van der Waals surface area contributed by atoms with Crippen molar-refractivity contribution in [2.75, 3.05) is 26.7 Å². The van der Waals surface area contributed by atoms with Crippen LogP contribution in [-0.2, 0) is 6.42 Å². The van der Waals surface area contributed by atoms with Crippen molar-refractivity contribution >= 4 is 11.0 Å². The Morgan fingerprint density at radius 2 is 2.22 bits per heavy atom. The lowest BCUT2D eigenvalue weighted by molar-refractivity contribution is 0.193. The van der Waals surface area contributed by atoms with Gasteiger partial charge < -0.3 is 14.6 Å². The second-order valence-electron chi connectivity index (χ2n) is 5.19. The molecule has 1 aliphatic heterocycles. The molecule has 0 radical (unpaired) electrons. The minimum absolute atomic E-state index is 0.540. The zero-order chi connectivity index (χ0) is 12.5. The van der Waals surface area contributed by atoms with Crippen LogP contribution in [0.4, 0.5) is 0 Å². The van der Waals surface area contributed by atoms with Crippen molar-refractivity contribution in [3.05, 3.63) is 35.6 Å². The monoisotopic (exact) mass is 244 g/mol. The Labute approximate surface area is 108 Å². The van der Waals surface area contributed by atoms with Gasteiger partial charge in [-0.25, -0.2) is 0 Å². The molecule has 1 aromatic heterocycles. The summed E-state index contributed by atoms with van der Waals surface area (Å²) in [4.78, 5) is 2.42. The van der Waals surface area contributed by atoms with E-state index in [9.17, 15) is 0 Å². The third-order valence-electron chi connectivity index (χ3n) is 4.01. The summed E-state index contributed by atoms with van der Waals surface area (Å²) in [5.41, 5.74) is 2.31. The number of nitrogens with one attached hydrogen (secondary N) is 1. The predicted octanol–water partition coefficient (Wildman–Crippen LogP) is 2.19. The first-order valence-corrected chi connectivity index (χ1v) is 6.63. The number of para-hydroxylation sites is 1. The van der Waals surface area contributed by atoms with Crippen LogP contribution < -0.4 is 5.32 Å². The highest BCUT2D eigenvalue weighted by Crippen LogP contribution is 2.26. The van der Waals surface area contributed by atoms with Gasteiger partial charge in [-0.15, -0.1) is 0 Å². The topological polar surface area (TPSA) is 28.4 Å². The Kier molecular flexibility index (Phi) is 3.10. The molecule has 1 unspecified atom stereocenters. The Hall–Kier alpha value is -1.32. The maximum absolute atomic E-state index is 6.00. The lowest BCUT2D eigenvalue weighted by Gasteiger charge is -2.32. The Balaban J connectivity index is 1.88. The highest BCUT2D eigenvalue weighted by Gasteiger charge is 2.21. The number of aryl methyl sites for hydroxylation is 1. The van der Waals surface area contributed by atoms with Gasteiger partial charge in [0.25, 0.3) is 0 Å². The number of hydrogen-bond donors (Lipinski definition) is 1. The highest BCUT2D eigenvalue weighted by molar-refractivity contribution is 5.81. The highest BCUT2D eigenvalue weighted by atomic mass is 16.3. The van der Waals surface area contributed by atoms with Gasteiger partial charge >= 0.3 is 0 Å². The lowest BCUT2D eigenvalue weighted by atomic mass is 10.0. The molecule has 2 aromatic rings. The molecule has 1 N–H and O–H groups in total. The molecule has 0 aliphatic carbocycles. The average Bonchev–Trinajstić information content (AvgIpc) is 2.70. The van der Waals surface area contributed by atoms with E-state index < -0.39 is 0 Å². The molecule has 0 spiro atoms. The van der Waals surface area contributed by atoms with E-state index in [1.54, 1.807) is 0 Å². The predicted molar refractivity (Wildman–Crippen MR) is 73.9 cm³/mol. The minimum Gasteiger partial charge on any atom is -0.461 e. The first kappa shape index (κ1) is 11.8. The Morgan fingerprint density at radius 3 is 3.00 bits per heavy atom. The van der Waals surface area contributed by atoms with Crippen LogP contribution in [-0.4, -0.2) is 37.6 Å². The molecule has 1 fully saturated rings. The Morgan fingerprint density at radius 1 is 1.39 bits per heavy atom. The van der Waals surface area contributed by atoms with Crippen LogP contribution in [0.2, 0.25) is 0 Å². The molecular weight excluding hydrogens is 224 g/mol. The molecule has 3 rings (SSSR count). The van der Waals surface area contributed by atoms with E-state index in [1.165, 1.54) is 10.9 Å². The third-order valence-corrected chi connectivity index (χ3v) is 4.01. The number of likely N-dealkylation sites (N-methyl/N-ethyl adjacent to an activating group) is 1. The molecule has 1 atom stereocenters. The van der Waals surface area contributed by atoms with Crippen LogP contribution >= 0.6 is 0 Å². The smallest absolute Gasteiger partial charge is 0.134 e. The molecular formula is C15H20N2O. The van der Waals surface area contributed by atoms with Crippen molar-refractivity contribution in [2.45, 2.75) is 19.4 Å². The van der Waals surface area contributed by atoms with Gasteiger partial charge in [0.05, 0.1) is 0 Å². The van der Waals surface area contributed by atoms with Crippen molar-refractivity contribution in [3.63, 3.8) is 0 Å². The number of rotatable bonds is 2. The van der Waals surface area contributed by atoms with Crippen LogP contribution in [0, 0.1) is 6.92 Å². The molecule has 18 heavy (non-hydrogen) atoms. The maximum atomic E-state index is 6.00. The van der Waals surface area contributed by atoms with Crippen molar-refractivity contribution < 1.29 is 4.42 Å². The van der Waals surface area contributed by atoms with E-state index in [1.807, 2.05) is 6.07 Å². The zero-order valence-corrected chi connectivity index (χ0v) is 11.1. The van der Waals surface area contributed by atoms with Crippen molar-refractivity contribution in [1.82, 2.24) is 10.2 Å². The number of nitrogens with zero attached hydrogens (tertiary/aromatic N) is 1. The number of furan rings is 1. The fourth-order valence-corrected chi connectivity index (χ4v) is 2.72. The first-order valence-electron chi connectivity index (χ1n) is 6.63. The normalized spacial score (nSPS) is 21.6. The molecule has 96 valence electrons. The van der Waals surface area contributed by atoms with E-state index in [0.29, 0.717) is 6.04 Å². The summed E-state index contributed by atoms with van der Waals surface area (Å²) in [6, 6.07) is 8.83. The van der Waals surface area contributed by atoms with Crippen LogP contribution in [0.1, 0.15) is 11.3 Å². The summed E-state index contributed by atoms with van der Waals surface area (Å²) in [6.07, 6.45) is 0.990. The molecule has 2 heterocycles. The fraction of sp³-hybridized carbons (Fsp3) is 0.467. The standard InChI is InChI=1S/C15H20N2O/c1-11-13-5-3-4-6-14(13)18-15(11)9-12-10-16-7-8-17(12)2/h3-6,12,16H,7-10H2,1-2H3. The number of benzene rings is 1. The number of fused-ring (bicyclic) bond motifs is 1. The summed E-state index contributed by atoms with van der Waals surface area (Å²) < 4.78 is 6.00. The largest absolute Gasteiger partial charge is 0.461 e. The van der Waals surface area contributed by atoms with Gasteiger partial charge in [-0.2, -0.15) is 0 Å². The van der Waals surface area contributed by atoms with Gasteiger partial charge in [0, 0.05) is 37.5 Å². The lowest BCUT2D eigenvalue weighted by Crippen LogP contribution is -2.50. The SMILES string of the molecule is Cc1c(CC2CNCCN2C)oc2ccccc12.